The van der Waals surface area contributed by atoms with E-state index in [1.54, 1.807) is 12.1 Å². The molecule has 0 saturated carbocycles. The quantitative estimate of drug-likeness (QED) is 0.144. The largest absolute Gasteiger partial charge is 0.493 e. The maximum Gasteiger partial charge on any atom is 0.335 e. The number of allylic oxidation sites excluding steroid dienone is 1. The number of anilines is 1. The Balaban J connectivity index is 1.21. The second kappa shape index (κ2) is 18.0. The molecule has 1 unspecified atom stereocenters. The topological polar surface area (TPSA) is 90.3 Å². The third kappa shape index (κ3) is 11.7. The SMILES string of the molecule is O=C(O)CCCCC(C=Cc1ccccc1OCCCCCN1CCN(c2ccc(F)cc2)CC1)Cc1ccc(C(=O)O)cc1. The van der Waals surface area contributed by atoms with Crippen LogP contribution in [0.2, 0.25) is 0 Å². The Labute approximate surface area is 265 Å². The third-order valence-corrected chi connectivity index (χ3v) is 8.32. The summed E-state index contributed by atoms with van der Waals surface area (Å²) in [5.41, 5.74) is 3.40. The Morgan fingerprint density at radius 2 is 1.58 bits per heavy atom. The van der Waals surface area contributed by atoms with Gasteiger partial charge in [-0.25, -0.2) is 9.18 Å². The smallest absolute Gasteiger partial charge is 0.335 e. The highest BCUT2D eigenvalue weighted by molar-refractivity contribution is 5.87. The number of carbonyl (C=O) groups is 2. The second-order valence-corrected chi connectivity index (χ2v) is 11.7. The van der Waals surface area contributed by atoms with Crippen LogP contribution in [0.3, 0.4) is 0 Å². The van der Waals surface area contributed by atoms with Gasteiger partial charge in [0.05, 0.1) is 12.2 Å². The molecule has 0 bridgehead atoms. The lowest BCUT2D eigenvalue weighted by Gasteiger charge is -2.36. The zero-order valence-electron chi connectivity index (χ0n) is 26.0. The molecule has 240 valence electrons. The van der Waals surface area contributed by atoms with Gasteiger partial charge < -0.3 is 19.8 Å². The summed E-state index contributed by atoms with van der Waals surface area (Å²) in [6.45, 7) is 5.67. The van der Waals surface area contributed by atoms with Crippen LogP contribution < -0.4 is 9.64 Å². The van der Waals surface area contributed by atoms with Gasteiger partial charge in [-0.3, -0.25) is 9.69 Å². The number of piperazine rings is 1. The molecule has 3 aromatic rings. The van der Waals surface area contributed by atoms with Gasteiger partial charge in [0.1, 0.15) is 11.6 Å². The number of carboxylic acid groups (broad SMARTS) is 2. The highest BCUT2D eigenvalue weighted by Gasteiger charge is 2.17. The molecule has 1 fully saturated rings. The number of aromatic carboxylic acids is 1. The van der Waals surface area contributed by atoms with Crippen molar-refractivity contribution in [3.05, 3.63) is 101 Å². The zero-order valence-corrected chi connectivity index (χ0v) is 26.0. The zero-order chi connectivity index (χ0) is 31.9. The molecule has 1 atom stereocenters. The summed E-state index contributed by atoms with van der Waals surface area (Å²) in [6, 6.07) is 21.7. The predicted molar refractivity (Wildman–Crippen MR) is 177 cm³/mol. The summed E-state index contributed by atoms with van der Waals surface area (Å²) < 4.78 is 19.4. The fourth-order valence-corrected chi connectivity index (χ4v) is 5.70. The van der Waals surface area contributed by atoms with Crippen molar-refractivity contribution >= 4 is 23.7 Å². The fourth-order valence-electron chi connectivity index (χ4n) is 5.70. The molecule has 7 nitrogen and oxygen atoms in total. The Hall–Kier alpha value is -4.17. The molecule has 0 aromatic heterocycles. The number of para-hydroxylation sites is 1. The van der Waals surface area contributed by atoms with Crippen LogP contribution in [0.1, 0.15) is 66.4 Å². The molecule has 8 heteroatoms. The molecule has 3 aromatic carbocycles. The maximum atomic E-state index is 13.2. The van der Waals surface area contributed by atoms with Crippen LogP contribution in [-0.2, 0) is 11.2 Å². The first-order chi connectivity index (χ1) is 21.9. The number of nitrogens with zero attached hydrogens (tertiary/aromatic N) is 2. The first kappa shape index (κ1) is 33.7. The summed E-state index contributed by atoms with van der Waals surface area (Å²) >= 11 is 0. The lowest BCUT2D eigenvalue weighted by atomic mass is 9.92. The van der Waals surface area contributed by atoms with Crippen LogP contribution in [-0.4, -0.2) is 66.4 Å². The van der Waals surface area contributed by atoms with Crippen molar-refractivity contribution in [1.29, 1.82) is 0 Å². The average Bonchev–Trinajstić information content (AvgIpc) is 3.04. The van der Waals surface area contributed by atoms with Crippen molar-refractivity contribution in [2.75, 3.05) is 44.2 Å². The first-order valence-corrected chi connectivity index (χ1v) is 16.0. The van der Waals surface area contributed by atoms with Gasteiger partial charge in [-0.2, -0.15) is 0 Å². The highest BCUT2D eigenvalue weighted by Crippen LogP contribution is 2.24. The molecule has 0 radical (unpaired) electrons. The van der Waals surface area contributed by atoms with Gasteiger partial charge in [0, 0.05) is 43.9 Å². The molecular formula is C37H45FN2O5. The minimum atomic E-state index is -0.943. The summed E-state index contributed by atoms with van der Waals surface area (Å²) in [6.07, 6.45) is 10.6. The monoisotopic (exact) mass is 616 g/mol. The van der Waals surface area contributed by atoms with Crippen molar-refractivity contribution in [3.8, 4) is 5.75 Å². The first-order valence-electron chi connectivity index (χ1n) is 16.0. The van der Waals surface area contributed by atoms with Crippen LogP contribution in [0.4, 0.5) is 10.1 Å². The molecule has 0 amide bonds. The minimum absolute atomic E-state index is 0.161. The van der Waals surface area contributed by atoms with E-state index in [9.17, 15) is 19.1 Å². The standard InChI is InChI=1S/C37H45FN2O5/c38-33-18-20-34(21-19-33)40-25-23-39(24-26-40)22-6-1-7-27-45-35-10-4-3-9-31(35)15-12-29(8-2-5-11-36(41)42)28-30-13-16-32(17-14-30)37(43)44/h3-4,9-10,12-21,29H,1-2,5-8,11,22-28H2,(H,41,42)(H,43,44). The van der Waals surface area contributed by atoms with Gasteiger partial charge in [-0.05, 0) is 99.0 Å². The molecule has 1 saturated heterocycles. The Kier molecular flexibility index (Phi) is 13.5. The minimum Gasteiger partial charge on any atom is -0.493 e. The lowest BCUT2D eigenvalue weighted by Crippen LogP contribution is -2.46. The van der Waals surface area contributed by atoms with E-state index < -0.39 is 11.9 Å². The Morgan fingerprint density at radius 1 is 0.844 bits per heavy atom. The number of aliphatic carboxylic acids is 1. The van der Waals surface area contributed by atoms with Crippen molar-refractivity contribution < 1.29 is 28.9 Å². The van der Waals surface area contributed by atoms with Crippen LogP contribution in [0, 0.1) is 11.7 Å². The van der Waals surface area contributed by atoms with Gasteiger partial charge in [-0.1, -0.05) is 48.9 Å². The molecule has 2 N–H and O–H groups in total. The molecule has 1 heterocycles. The van der Waals surface area contributed by atoms with E-state index in [-0.39, 0.29) is 23.7 Å². The number of carboxylic acids is 2. The van der Waals surface area contributed by atoms with Crippen LogP contribution in [0.5, 0.6) is 5.75 Å². The molecule has 45 heavy (non-hydrogen) atoms. The predicted octanol–water partition coefficient (Wildman–Crippen LogP) is 7.41. The van der Waals surface area contributed by atoms with E-state index >= 15 is 0 Å². The highest BCUT2D eigenvalue weighted by atomic mass is 19.1. The van der Waals surface area contributed by atoms with Crippen LogP contribution >= 0.6 is 0 Å². The summed E-state index contributed by atoms with van der Waals surface area (Å²) in [4.78, 5) is 27.0. The van der Waals surface area contributed by atoms with Gasteiger partial charge in [0.15, 0.2) is 0 Å². The van der Waals surface area contributed by atoms with Crippen LogP contribution in [0.25, 0.3) is 6.08 Å². The summed E-state index contributed by atoms with van der Waals surface area (Å²) in [5, 5.41) is 18.2. The summed E-state index contributed by atoms with van der Waals surface area (Å²) in [7, 11) is 0. The van der Waals surface area contributed by atoms with Gasteiger partial charge in [0.25, 0.3) is 0 Å². The number of hydrogen-bond donors (Lipinski definition) is 2. The van der Waals surface area contributed by atoms with Crippen molar-refractivity contribution in [2.24, 2.45) is 5.92 Å². The molecule has 0 aliphatic carbocycles. The number of benzene rings is 3. The molecule has 1 aliphatic rings. The molecular weight excluding hydrogens is 571 g/mol. The average molecular weight is 617 g/mol. The van der Waals surface area contributed by atoms with E-state index in [0.29, 0.717) is 13.0 Å². The second-order valence-electron chi connectivity index (χ2n) is 11.7. The van der Waals surface area contributed by atoms with E-state index in [0.717, 1.165) is 93.8 Å². The van der Waals surface area contributed by atoms with E-state index in [4.69, 9.17) is 9.84 Å². The number of ether oxygens (including phenoxy) is 1. The van der Waals surface area contributed by atoms with Crippen molar-refractivity contribution in [1.82, 2.24) is 4.90 Å². The van der Waals surface area contributed by atoms with Gasteiger partial charge in [0.2, 0.25) is 0 Å². The lowest BCUT2D eigenvalue weighted by molar-refractivity contribution is -0.137. The fraction of sp³-hybridized carbons (Fsp3) is 0.405. The number of unbranched alkanes of at least 4 members (excludes halogenated alkanes) is 3. The Bertz CT molecular complexity index is 1370. The normalized spacial score (nSPS) is 14.5. The van der Waals surface area contributed by atoms with Crippen LogP contribution in [0.15, 0.2) is 78.9 Å². The van der Waals surface area contributed by atoms with Crippen molar-refractivity contribution in [3.63, 3.8) is 0 Å². The van der Waals surface area contributed by atoms with Gasteiger partial charge >= 0.3 is 11.9 Å². The maximum absolute atomic E-state index is 13.2. The van der Waals surface area contributed by atoms with E-state index in [1.807, 2.05) is 48.5 Å². The molecule has 4 rings (SSSR count). The number of halogens is 1. The number of hydrogen-bond acceptors (Lipinski definition) is 5. The van der Waals surface area contributed by atoms with Gasteiger partial charge in [-0.15, -0.1) is 0 Å². The number of rotatable bonds is 18. The van der Waals surface area contributed by atoms with E-state index in [2.05, 4.69) is 22.0 Å². The van der Waals surface area contributed by atoms with Crippen molar-refractivity contribution in [2.45, 2.75) is 51.4 Å². The Morgan fingerprint density at radius 3 is 2.29 bits per heavy atom. The van der Waals surface area contributed by atoms with E-state index in [1.165, 1.54) is 12.1 Å². The molecule has 1 aliphatic heterocycles. The third-order valence-electron chi connectivity index (χ3n) is 8.32. The summed E-state index contributed by atoms with van der Waals surface area (Å²) in [5.74, 6) is -0.892. The molecule has 0 spiro atoms.